The summed E-state index contributed by atoms with van der Waals surface area (Å²) in [6.07, 6.45) is 2.41. The highest BCUT2D eigenvalue weighted by Gasteiger charge is 2.49. The van der Waals surface area contributed by atoms with Gasteiger partial charge in [-0.1, -0.05) is 0 Å². The molecule has 88 valence electrons. The predicted octanol–water partition coefficient (Wildman–Crippen LogP) is 1.08. The van der Waals surface area contributed by atoms with E-state index in [1.165, 1.54) is 19.5 Å². The number of nitrogens with two attached hydrogens (primary N) is 1. The minimum Gasteiger partial charge on any atom is -0.380 e. The molecular weight excluding hydrogens is 188 g/mol. The Bertz CT molecular complexity index is 230. The average Bonchev–Trinajstić information content (AvgIpc) is 2.42. The summed E-state index contributed by atoms with van der Waals surface area (Å²) in [5.41, 5.74) is 6.48. The molecule has 0 amide bonds. The van der Waals surface area contributed by atoms with Crippen LogP contribution < -0.4 is 5.73 Å². The molecule has 0 aromatic carbocycles. The molecule has 0 saturated carbocycles. The fourth-order valence-electron chi connectivity index (χ4n) is 3.19. The molecule has 2 aliphatic rings. The van der Waals surface area contributed by atoms with Crippen molar-refractivity contribution in [1.29, 1.82) is 0 Å². The molecule has 1 atom stereocenters. The third-order valence-corrected chi connectivity index (χ3v) is 3.84. The molecule has 0 aromatic rings. The van der Waals surface area contributed by atoms with Crippen molar-refractivity contribution in [2.75, 3.05) is 33.4 Å². The summed E-state index contributed by atoms with van der Waals surface area (Å²) in [5, 5.41) is 0. The average molecular weight is 212 g/mol. The molecule has 0 aromatic heterocycles. The molecule has 3 nitrogen and oxygen atoms in total. The van der Waals surface area contributed by atoms with Gasteiger partial charge in [0.05, 0.1) is 13.2 Å². The molecule has 2 N–H and O–H groups in total. The molecule has 15 heavy (non-hydrogen) atoms. The first kappa shape index (κ1) is 11.4. The van der Waals surface area contributed by atoms with Crippen molar-refractivity contribution in [1.82, 2.24) is 4.90 Å². The van der Waals surface area contributed by atoms with Crippen LogP contribution in [0.5, 0.6) is 0 Å². The van der Waals surface area contributed by atoms with Crippen molar-refractivity contribution in [3.05, 3.63) is 0 Å². The lowest BCUT2D eigenvalue weighted by molar-refractivity contribution is -0.154. The Labute approximate surface area is 93.0 Å². The van der Waals surface area contributed by atoms with E-state index in [-0.39, 0.29) is 5.54 Å². The van der Waals surface area contributed by atoms with Gasteiger partial charge in [0.25, 0.3) is 0 Å². The molecule has 2 aliphatic heterocycles. The van der Waals surface area contributed by atoms with Gasteiger partial charge in [0.1, 0.15) is 0 Å². The molecular formula is C12H24N2O. The van der Waals surface area contributed by atoms with Gasteiger partial charge < -0.3 is 15.4 Å². The van der Waals surface area contributed by atoms with E-state index in [1.54, 1.807) is 0 Å². The van der Waals surface area contributed by atoms with Crippen LogP contribution in [0.3, 0.4) is 0 Å². The van der Waals surface area contributed by atoms with Crippen LogP contribution in [-0.4, -0.2) is 43.8 Å². The lowest BCUT2D eigenvalue weighted by atomic mass is 9.67. The fourth-order valence-corrected chi connectivity index (χ4v) is 3.19. The van der Waals surface area contributed by atoms with Gasteiger partial charge in [-0.15, -0.1) is 0 Å². The van der Waals surface area contributed by atoms with E-state index in [2.05, 4.69) is 25.8 Å². The molecule has 0 radical (unpaired) electrons. The first-order chi connectivity index (χ1) is 6.91. The van der Waals surface area contributed by atoms with Gasteiger partial charge in [-0.05, 0) is 46.2 Å². The predicted molar refractivity (Wildman–Crippen MR) is 61.7 cm³/mol. The molecule has 2 fully saturated rings. The van der Waals surface area contributed by atoms with Crippen molar-refractivity contribution >= 4 is 0 Å². The third-order valence-electron chi connectivity index (χ3n) is 3.84. The number of nitrogens with zero attached hydrogens (tertiary/aromatic N) is 1. The van der Waals surface area contributed by atoms with Crippen LogP contribution in [-0.2, 0) is 4.74 Å². The van der Waals surface area contributed by atoms with E-state index in [1.807, 2.05) is 0 Å². The molecule has 0 aliphatic carbocycles. The Morgan fingerprint density at radius 1 is 1.47 bits per heavy atom. The van der Waals surface area contributed by atoms with E-state index >= 15 is 0 Å². The Balaban J connectivity index is 2.02. The Morgan fingerprint density at radius 2 is 2.13 bits per heavy atom. The maximum Gasteiger partial charge on any atom is 0.0548 e. The number of likely N-dealkylation sites (tertiary alicyclic amines) is 1. The summed E-state index contributed by atoms with van der Waals surface area (Å²) >= 11 is 0. The van der Waals surface area contributed by atoms with Crippen LogP contribution in [0.15, 0.2) is 0 Å². The topological polar surface area (TPSA) is 38.5 Å². The summed E-state index contributed by atoms with van der Waals surface area (Å²) in [4.78, 5) is 2.42. The summed E-state index contributed by atoms with van der Waals surface area (Å²) in [6.45, 7) is 8.56. The number of hydrogen-bond acceptors (Lipinski definition) is 3. The number of ether oxygens (including phenoxy) is 1. The van der Waals surface area contributed by atoms with Gasteiger partial charge in [0, 0.05) is 17.5 Å². The van der Waals surface area contributed by atoms with E-state index < -0.39 is 0 Å². The number of rotatable bonds is 3. The van der Waals surface area contributed by atoms with Crippen LogP contribution in [0, 0.1) is 11.3 Å². The molecule has 0 spiro atoms. The lowest BCUT2D eigenvalue weighted by Gasteiger charge is -2.49. The maximum atomic E-state index is 6.16. The van der Waals surface area contributed by atoms with Crippen molar-refractivity contribution in [3.63, 3.8) is 0 Å². The minimum atomic E-state index is -0.0645. The first-order valence-electron chi connectivity index (χ1n) is 5.97. The van der Waals surface area contributed by atoms with Crippen LogP contribution in [0.2, 0.25) is 0 Å². The molecule has 3 heteroatoms. The zero-order valence-electron chi connectivity index (χ0n) is 10.3. The van der Waals surface area contributed by atoms with Crippen LogP contribution >= 0.6 is 0 Å². The van der Waals surface area contributed by atoms with Gasteiger partial charge in [0.15, 0.2) is 0 Å². The molecule has 0 bridgehead atoms. The highest BCUT2D eigenvalue weighted by Crippen LogP contribution is 2.45. The Morgan fingerprint density at radius 3 is 2.47 bits per heavy atom. The van der Waals surface area contributed by atoms with Crippen LogP contribution in [0.1, 0.15) is 26.7 Å². The minimum absolute atomic E-state index is 0.0645. The fraction of sp³-hybridized carbons (Fsp3) is 1.00. The molecule has 2 saturated heterocycles. The Hall–Kier alpha value is -0.120. The summed E-state index contributed by atoms with van der Waals surface area (Å²) in [5.74, 6) is 0.791. The largest absolute Gasteiger partial charge is 0.380 e. The second-order valence-electron chi connectivity index (χ2n) is 6.27. The number of hydrogen-bond donors (Lipinski definition) is 1. The molecule has 2 rings (SSSR count). The summed E-state index contributed by atoms with van der Waals surface area (Å²) in [6, 6.07) is 0. The van der Waals surface area contributed by atoms with E-state index in [9.17, 15) is 0 Å². The monoisotopic (exact) mass is 212 g/mol. The van der Waals surface area contributed by atoms with Crippen LogP contribution in [0.4, 0.5) is 0 Å². The van der Waals surface area contributed by atoms with Gasteiger partial charge in [0.2, 0.25) is 0 Å². The molecule has 1 unspecified atom stereocenters. The van der Waals surface area contributed by atoms with E-state index in [0.717, 1.165) is 25.6 Å². The van der Waals surface area contributed by atoms with Gasteiger partial charge in [-0.25, -0.2) is 0 Å². The zero-order chi connectivity index (χ0) is 11.1. The summed E-state index contributed by atoms with van der Waals surface area (Å²) in [7, 11) is 2.21. The highest BCUT2D eigenvalue weighted by atomic mass is 16.5. The molecule has 2 heterocycles. The second-order valence-corrected chi connectivity index (χ2v) is 6.27. The van der Waals surface area contributed by atoms with E-state index in [4.69, 9.17) is 10.5 Å². The van der Waals surface area contributed by atoms with Crippen molar-refractivity contribution in [3.8, 4) is 0 Å². The quantitative estimate of drug-likeness (QED) is 0.761. The zero-order valence-corrected chi connectivity index (χ0v) is 10.3. The summed E-state index contributed by atoms with van der Waals surface area (Å²) < 4.78 is 5.46. The van der Waals surface area contributed by atoms with Crippen molar-refractivity contribution < 1.29 is 4.74 Å². The van der Waals surface area contributed by atoms with Crippen molar-refractivity contribution in [2.45, 2.75) is 32.2 Å². The third kappa shape index (κ3) is 2.35. The standard InChI is InChI=1S/C12H24N2O/c1-11(2,13)7-12(8-15-9-12)10-4-5-14(3)6-10/h10H,4-9,13H2,1-3H3. The lowest BCUT2D eigenvalue weighted by Crippen LogP contribution is -2.54. The van der Waals surface area contributed by atoms with E-state index in [0.29, 0.717) is 5.41 Å². The smallest absolute Gasteiger partial charge is 0.0548 e. The van der Waals surface area contributed by atoms with Crippen molar-refractivity contribution in [2.24, 2.45) is 17.1 Å². The maximum absolute atomic E-state index is 6.16. The van der Waals surface area contributed by atoms with Crippen LogP contribution in [0.25, 0.3) is 0 Å². The first-order valence-corrected chi connectivity index (χ1v) is 5.97. The normalized spacial score (nSPS) is 31.6. The SMILES string of the molecule is CN1CCC(C2(CC(C)(C)N)COC2)C1. The highest BCUT2D eigenvalue weighted by molar-refractivity contribution is 4.99. The van der Waals surface area contributed by atoms with Gasteiger partial charge >= 0.3 is 0 Å². The second kappa shape index (κ2) is 3.72. The van der Waals surface area contributed by atoms with Gasteiger partial charge in [-0.3, -0.25) is 0 Å². The Kier molecular flexibility index (Phi) is 2.82. The van der Waals surface area contributed by atoms with Gasteiger partial charge in [-0.2, -0.15) is 0 Å².